The van der Waals surface area contributed by atoms with Crippen molar-refractivity contribution in [1.82, 2.24) is 0 Å². The summed E-state index contributed by atoms with van der Waals surface area (Å²) in [5, 5.41) is 4.62. The van der Waals surface area contributed by atoms with Gasteiger partial charge in [0.2, 0.25) is 6.04 Å². The second-order valence-corrected chi connectivity index (χ2v) is 5.24. The maximum atomic E-state index is 13.3. The fourth-order valence-electron chi connectivity index (χ4n) is 2.10. The number of aryl methyl sites for hydroxylation is 2. The van der Waals surface area contributed by atoms with Gasteiger partial charge in [-0.25, -0.2) is 0 Å². The molecule has 0 aromatic heterocycles. The molecule has 0 saturated carbocycles. The normalized spacial score (nSPS) is 12.6. The van der Waals surface area contributed by atoms with Crippen LogP contribution in [-0.2, 0) is 4.79 Å². The van der Waals surface area contributed by atoms with Crippen molar-refractivity contribution in [3.63, 3.8) is 0 Å². The Morgan fingerprint density at radius 1 is 0.913 bits per heavy atom. The van der Waals surface area contributed by atoms with Crippen molar-refractivity contribution >= 4 is 17.3 Å². The quantitative estimate of drug-likeness (QED) is 0.882. The van der Waals surface area contributed by atoms with E-state index in [-0.39, 0.29) is 5.69 Å². The molecule has 0 aliphatic rings. The van der Waals surface area contributed by atoms with E-state index < -0.39 is 18.1 Å². The smallest absolute Gasteiger partial charge is 0.366 e. The molecule has 2 aromatic rings. The van der Waals surface area contributed by atoms with Crippen LogP contribution in [0, 0.1) is 13.8 Å². The number of nitrogens with one attached hydrogen (secondary N) is 2. The first-order valence-corrected chi connectivity index (χ1v) is 7.04. The molecule has 0 aliphatic heterocycles. The number of halogens is 3. The first-order valence-electron chi connectivity index (χ1n) is 7.04. The summed E-state index contributed by atoms with van der Waals surface area (Å²) in [5.74, 6) is -1.14. The van der Waals surface area contributed by atoms with Gasteiger partial charge in [0, 0.05) is 11.4 Å². The zero-order valence-electron chi connectivity index (χ0n) is 12.7. The SMILES string of the molecule is Cc1ccccc1NC(=O)C(Nc1ccccc1C)C(F)(F)F. The van der Waals surface area contributed by atoms with Gasteiger partial charge in [0.15, 0.2) is 0 Å². The molecule has 1 unspecified atom stereocenters. The highest BCUT2D eigenvalue weighted by Gasteiger charge is 2.45. The van der Waals surface area contributed by atoms with Crippen molar-refractivity contribution in [2.45, 2.75) is 26.1 Å². The van der Waals surface area contributed by atoms with E-state index in [1.807, 2.05) is 0 Å². The van der Waals surface area contributed by atoms with Crippen LogP contribution >= 0.6 is 0 Å². The molecule has 0 heterocycles. The number of hydrogen-bond acceptors (Lipinski definition) is 2. The third kappa shape index (κ3) is 4.25. The molecule has 1 amide bonds. The van der Waals surface area contributed by atoms with E-state index in [0.717, 1.165) is 0 Å². The second kappa shape index (κ2) is 6.73. The molecule has 0 radical (unpaired) electrons. The van der Waals surface area contributed by atoms with Gasteiger partial charge in [0.25, 0.3) is 5.91 Å². The maximum Gasteiger partial charge on any atom is 0.417 e. The Morgan fingerprint density at radius 3 is 1.87 bits per heavy atom. The molecule has 2 N–H and O–H groups in total. The summed E-state index contributed by atoms with van der Waals surface area (Å²) in [6.45, 7) is 3.39. The van der Waals surface area contributed by atoms with Gasteiger partial charge in [0.05, 0.1) is 0 Å². The first-order chi connectivity index (χ1) is 10.8. The highest BCUT2D eigenvalue weighted by molar-refractivity contribution is 5.97. The highest BCUT2D eigenvalue weighted by Crippen LogP contribution is 2.26. The summed E-state index contributed by atoms with van der Waals surface area (Å²) in [6.07, 6.45) is -4.71. The zero-order valence-corrected chi connectivity index (χ0v) is 12.7. The Hall–Kier alpha value is -2.50. The fraction of sp³-hybridized carbons (Fsp3) is 0.235. The van der Waals surface area contributed by atoms with Gasteiger partial charge >= 0.3 is 6.18 Å². The third-order valence-electron chi connectivity index (χ3n) is 3.44. The van der Waals surface area contributed by atoms with E-state index in [9.17, 15) is 18.0 Å². The van der Waals surface area contributed by atoms with Crippen LogP contribution in [0.25, 0.3) is 0 Å². The third-order valence-corrected chi connectivity index (χ3v) is 3.44. The molecule has 2 rings (SSSR count). The Kier molecular flexibility index (Phi) is 4.93. The van der Waals surface area contributed by atoms with Crippen molar-refractivity contribution < 1.29 is 18.0 Å². The minimum Gasteiger partial charge on any atom is -0.366 e. The first kappa shape index (κ1) is 16.9. The number of hydrogen-bond donors (Lipinski definition) is 2. The number of anilines is 2. The number of amides is 1. The lowest BCUT2D eigenvalue weighted by molar-refractivity contribution is -0.155. The minimum atomic E-state index is -4.71. The van der Waals surface area contributed by atoms with E-state index in [1.54, 1.807) is 56.3 Å². The number of alkyl halides is 3. The lowest BCUT2D eigenvalue weighted by atomic mass is 10.1. The molecular formula is C17H17F3N2O. The molecule has 0 bridgehead atoms. The molecule has 0 spiro atoms. The van der Waals surface area contributed by atoms with Gasteiger partial charge in [-0.2, -0.15) is 13.2 Å². The van der Waals surface area contributed by atoms with Gasteiger partial charge in [0.1, 0.15) is 0 Å². The minimum absolute atomic E-state index is 0.273. The molecule has 2 aromatic carbocycles. The van der Waals surface area contributed by atoms with Crippen LogP contribution in [0.3, 0.4) is 0 Å². The Morgan fingerprint density at radius 2 is 1.39 bits per heavy atom. The maximum absolute atomic E-state index is 13.3. The Labute approximate surface area is 132 Å². The standard InChI is InChI=1S/C17H17F3N2O/c1-11-7-3-5-9-13(11)21-15(17(18,19)20)16(23)22-14-10-6-4-8-12(14)2/h3-10,15,21H,1-2H3,(H,22,23). The number of para-hydroxylation sites is 2. The van der Waals surface area contributed by atoms with Crippen LogP contribution in [0.4, 0.5) is 24.5 Å². The highest BCUT2D eigenvalue weighted by atomic mass is 19.4. The summed E-state index contributed by atoms with van der Waals surface area (Å²) in [6, 6.07) is 10.9. The summed E-state index contributed by atoms with van der Waals surface area (Å²) in [7, 11) is 0. The summed E-state index contributed by atoms with van der Waals surface area (Å²) in [5.41, 5.74) is 1.95. The van der Waals surface area contributed by atoms with Gasteiger partial charge in [-0.3, -0.25) is 4.79 Å². The fourth-order valence-corrected chi connectivity index (χ4v) is 2.10. The number of carbonyl (C=O) groups excluding carboxylic acids is 1. The van der Waals surface area contributed by atoms with E-state index >= 15 is 0 Å². The summed E-state index contributed by atoms with van der Waals surface area (Å²) in [4.78, 5) is 12.1. The predicted octanol–water partition coefficient (Wildman–Crippen LogP) is 4.28. The van der Waals surface area contributed by atoms with Gasteiger partial charge < -0.3 is 10.6 Å². The average Bonchev–Trinajstić information content (AvgIpc) is 2.47. The Balaban J connectivity index is 2.24. The topological polar surface area (TPSA) is 41.1 Å². The molecule has 23 heavy (non-hydrogen) atoms. The van der Waals surface area contributed by atoms with Crippen LogP contribution in [0.2, 0.25) is 0 Å². The van der Waals surface area contributed by atoms with Crippen LogP contribution in [-0.4, -0.2) is 18.1 Å². The lowest BCUT2D eigenvalue weighted by Crippen LogP contribution is -2.46. The number of carbonyl (C=O) groups is 1. The van der Waals surface area contributed by atoms with Crippen molar-refractivity contribution in [3.05, 3.63) is 59.7 Å². The number of rotatable bonds is 4. The van der Waals surface area contributed by atoms with Crippen molar-refractivity contribution in [3.8, 4) is 0 Å². The summed E-state index contributed by atoms with van der Waals surface area (Å²) >= 11 is 0. The molecule has 3 nitrogen and oxygen atoms in total. The number of benzene rings is 2. The monoisotopic (exact) mass is 322 g/mol. The lowest BCUT2D eigenvalue weighted by Gasteiger charge is -2.23. The van der Waals surface area contributed by atoms with Crippen LogP contribution in [0.15, 0.2) is 48.5 Å². The van der Waals surface area contributed by atoms with Gasteiger partial charge in [-0.15, -0.1) is 0 Å². The van der Waals surface area contributed by atoms with Gasteiger partial charge in [-0.1, -0.05) is 36.4 Å². The Bertz CT molecular complexity index is 698. The van der Waals surface area contributed by atoms with Crippen molar-refractivity contribution in [2.24, 2.45) is 0 Å². The van der Waals surface area contributed by atoms with Crippen LogP contribution in [0.1, 0.15) is 11.1 Å². The van der Waals surface area contributed by atoms with Crippen LogP contribution in [0.5, 0.6) is 0 Å². The molecule has 0 fully saturated rings. The van der Waals surface area contributed by atoms with Crippen molar-refractivity contribution in [1.29, 1.82) is 0 Å². The van der Waals surface area contributed by atoms with E-state index in [4.69, 9.17) is 0 Å². The van der Waals surface area contributed by atoms with E-state index in [0.29, 0.717) is 16.8 Å². The second-order valence-electron chi connectivity index (χ2n) is 5.24. The predicted molar refractivity (Wildman–Crippen MR) is 84.5 cm³/mol. The molecule has 0 aliphatic carbocycles. The zero-order chi connectivity index (χ0) is 17.0. The van der Waals surface area contributed by atoms with E-state index in [2.05, 4.69) is 10.6 Å². The van der Waals surface area contributed by atoms with Gasteiger partial charge in [-0.05, 0) is 37.1 Å². The van der Waals surface area contributed by atoms with E-state index in [1.165, 1.54) is 6.07 Å². The molecule has 6 heteroatoms. The van der Waals surface area contributed by atoms with Crippen molar-refractivity contribution in [2.75, 3.05) is 10.6 Å². The van der Waals surface area contributed by atoms with Crippen LogP contribution < -0.4 is 10.6 Å². The molecule has 0 saturated heterocycles. The molecular weight excluding hydrogens is 305 g/mol. The average molecular weight is 322 g/mol. The largest absolute Gasteiger partial charge is 0.417 e. The summed E-state index contributed by atoms with van der Waals surface area (Å²) < 4.78 is 39.8. The molecule has 1 atom stereocenters. The molecule has 122 valence electrons.